The fourth-order valence-electron chi connectivity index (χ4n) is 6.56. The fraction of sp³-hybridized carbons (Fsp3) is 0.308. The van der Waals surface area contributed by atoms with Crippen LogP contribution in [0, 0.1) is 13.8 Å². The minimum absolute atomic E-state index is 0.202. The number of rotatable bonds is 9. The summed E-state index contributed by atoms with van der Waals surface area (Å²) in [5.41, 5.74) is 7.98. The molecule has 0 bridgehead atoms. The van der Waals surface area contributed by atoms with Crippen LogP contribution in [0.2, 0.25) is 0 Å². The zero-order chi connectivity index (χ0) is 31.7. The number of hydrogen-bond acceptors (Lipinski definition) is 5. The summed E-state index contributed by atoms with van der Waals surface area (Å²) in [6, 6.07) is 25.7. The van der Waals surface area contributed by atoms with Gasteiger partial charge in [0.05, 0.1) is 17.7 Å². The Labute approximate surface area is 270 Å². The molecule has 0 unspecified atom stereocenters. The molecule has 4 aromatic carbocycles. The largest absolute Gasteiger partial charge is 0.507 e. The zero-order valence-corrected chi connectivity index (χ0v) is 27.7. The Hall–Kier alpha value is -4.00. The number of hydrogen-bond donors (Lipinski definition) is 1. The number of benzene rings is 4. The second kappa shape index (κ2) is 13.2. The smallest absolute Gasteiger partial charge is 0.340 e. The topological polar surface area (TPSA) is 54.7 Å². The Morgan fingerprint density at radius 3 is 2.53 bits per heavy atom. The van der Waals surface area contributed by atoms with Crippen molar-refractivity contribution in [3.8, 4) is 5.75 Å². The van der Waals surface area contributed by atoms with Crippen LogP contribution >= 0.6 is 11.8 Å². The molecule has 1 aliphatic rings. The second-order valence-electron chi connectivity index (χ2n) is 12.3. The lowest BCUT2D eigenvalue weighted by Gasteiger charge is -2.30. The first-order chi connectivity index (χ1) is 21.7. The van der Waals surface area contributed by atoms with E-state index in [0.717, 1.165) is 47.2 Å². The first-order valence-electron chi connectivity index (χ1n) is 15.9. The molecule has 0 amide bonds. The van der Waals surface area contributed by atoms with E-state index in [0.29, 0.717) is 23.9 Å². The van der Waals surface area contributed by atoms with Crippen LogP contribution < -0.4 is 0 Å². The molecule has 2 heterocycles. The van der Waals surface area contributed by atoms with Gasteiger partial charge in [-0.3, -0.25) is 4.90 Å². The second-order valence-corrected chi connectivity index (χ2v) is 13.3. The molecule has 232 valence electrons. The summed E-state index contributed by atoms with van der Waals surface area (Å²) in [5, 5.41) is 14.6. The first-order valence-corrected chi connectivity index (χ1v) is 16.9. The number of thioether (sulfide) groups is 1. The molecule has 5 aromatic rings. The maximum atomic E-state index is 13.7. The standard InChI is InChI=1S/C39H42N2O3S/c1-6-44-39(43)38-33-22-36(42)32(29-16-18-40(19-17-29)25(2)3)21-34(33)41(23-30-12-9-11-28-10-7-8-13-31(28)30)35(38)24-45-37-15-14-26(4)20-27(37)5/h7-16,20-22,25,42H,6,17-19,23-24H2,1-5H3. The maximum Gasteiger partial charge on any atom is 0.340 e. The van der Waals surface area contributed by atoms with Crippen molar-refractivity contribution >= 4 is 45.0 Å². The van der Waals surface area contributed by atoms with Crippen LogP contribution in [-0.4, -0.2) is 46.3 Å². The van der Waals surface area contributed by atoms with Crippen LogP contribution in [0.1, 0.15) is 65.5 Å². The van der Waals surface area contributed by atoms with Gasteiger partial charge in [0.2, 0.25) is 0 Å². The third-order valence-electron chi connectivity index (χ3n) is 8.99. The van der Waals surface area contributed by atoms with E-state index in [4.69, 9.17) is 4.74 Å². The average molecular weight is 619 g/mol. The maximum absolute atomic E-state index is 13.7. The van der Waals surface area contributed by atoms with E-state index in [9.17, 15) is 9.90 Å². The van der Waals surface area contributed by atoms with Crippen LogP contribution in [0.25, 0.3) is 27.2 Å². The molecule has 1 aliphatic heterocycles. The van der Waals surface area contributed by atoms with Crippen LogP contribution in [0.5, 0.6) is 5.75 Å². The van der Waals surface area contributed by atoms with Crippen molar-refractivity contribution in [2.45, 2.75) is 64.3 Å². The Bertz CT molecular complexity index is 1910. The highest BCUT2D eigenvalue weighted by molar-refractivity contribution is 7.98. The lowest BCUT2D eigenvalue weighted by atomic mass is 9.96. The molecule has 6 rings (SSSR count). The number of nitrogens with zero attached hydrogens (tertiary/aromatic N) is 2. The van der Waals surface area contributed by atoms with E-state index in [-0.39, 0.29) is 18.3 Å². The summed E-state index contributed by atoms with van der Waals surface area (Å²) in [4.78, 5) is 17.4. The predicted molar refractivity (Wildman–Crippen MR) is 187 cm³/mol. The fourth-order valence-corrected chi connectivity index (χ4v) is 7.60. The number of aryl methyl sites for hydroxylation is 2. The van der Waals surface area contributed by atoms with Crippen molar-refractivity contribution in [3.63, 3.8) is 0 Å². The third kappa shape index (κ3) is 6.27. The van der Waals surface area contributed by atoms with Gasteiger partial charge < -0.3 is 14.4 Å². The summed E-state index contributed by atoms with van der Waals surface area (Å²) in [7, 11) is 0. The van der Waals surface area contributed by atoms with E-state index in [2.05, 4.69) is 110 Å². The Kier molecular flexibility index (Phi) is 9.06. The Morgan fingerprint density at radius 2 is 1.80 bits per heavy atom. The van der Waals surface area contributed by atoms with E-state index in [1.165, 1.54) is 32.4 Å². The van der Waals surface area contributed by atoms with Gasteiger partial charge in [0, 0.05) is 53.0 Å². The molecule has 0 saturated heterocycles. The van der Waals surface area contributed by atoms with E-state index >= 15 is 0 Å². The van der Waals surface area contributed by atoms with Crippen molar-refractivity contribution in [2.24, 2.45) is 0 Å². The molecule has 0 spiro atoms. The van der Waals surface area contributed by atoms with Crippen molar-refractivity contribution in [2.75, 3.05) is 19.7 Å². The van der Waals surface area contributed by atoms with E-state index in [1.807, 2.05) is 6.92 Å². The van der Waals surface area contributed by atoms with Gasteiger partial charge in [-0.05, 0) is 86.7 Å². The lowest BCUT2D eigenvalue weighted by Crippen LogP contribution is -2.34. The number of ether oxygens (including phenoxy) is 1. The van der Waals surface area contributed by atoms with Gasteiger partial charge in [-0.2, -0.15) is 0 Å². The van der Waals surface area contributed by atoms with Gasteiger partial charge in [0.25, 0.3) is 0 Å². The van der Waals surface area contributed by atoms with Crippen molar-refractivity contribution in [3.05, 3.63) is 112 Å². The number of carbonyl (C=O) groups is 1. The van der Waals surface area contributed by atoms with Crippen molar-refractivity contribution in [1.82, 2.24) is 9.47 Å². The van der Waals surface area contributed by atoms with Crippen LogP contribution in [0.3, 0.4) is 0 Å². The van der Waals surface area contributed by atoms with Gasteiger partial charge in [0.15, 0.2) is 0 Å². The Balaban J connectivity index is 1.55. The number of aromatic nitrogens is 1. The monoisotopic (exact) mass is 618 g/mol. The third-order valence-corrected chi connectivity index (χ3v) is 10.2. The predicted octanol–water partition coefficient (Wildman–Crippen LogP) is 9.13. The molecule has 0 aliphatic carbocycles. The normalized spacial score (nSPS) is 14.0. The molecule has 1 N–H and O–H groups in total. The van der Waals surface area contributed by atoms with E-state index in [1.54, 1.807) is 17.8 Å². The molecule has 0 radical (unpaired) electrons. The highest BCUT2D eigenvalue weighted by Gasteiger charge is 2.27. The Morgan fingerprint density at radius 1 is 1.00 bits per heavy atom. The summed E-state index contributed by atoms with van der Waals surface area (Å²) < 4.78 is 7.95. The summed E-state index contributed by atoms with van der Waals surface area (Å²) in [6.45, 7) is 13.2. The van der Waals surface area contributed by atoms with Gasteiger partial charge in [0.1, 0.15) is 5.75 Å². The van der Waals surface area contributed by atoms with Crippen molar-refractivity contribution < 1.29 is 14.6 Å². The number of phenolic OH excluding ortho intramolecular Hbond substituents is 1. The SMILES string of the molecule is CCOC(=O)c1c(CSc2ccc(C)cc2C)n(Cc2cccc3ccccc23)c2cc(C3=CCN(C(C)C)CC3)c(O)cc12. The van der Waals surface area contributed by atoms with Crippen LogP contribution in [-0.2, 0) is 17.0 Å². The van der Waals surface area contributed by atoms with Gasteiger partial charge in [-0.25, -0.2) is 4.79 Å². The molecule has 1 aromatic heterocycles. The van der Waals surface area contributed by atoms with Gasteiger partial charge in [-0.15, -0.1) is 11.8 Å². The quantitative estimate of drug-likeness (QED) is 0.132. The average Bonchev–Trinajstić information content (AvgIpc) is 3.32. The number of aromatic hydroxyl groups is 1. The number of fused-ring (bicyclic) bond motifs is 2. The summed E-state index contributed by atoms with van der Waals surface area (Å²) in [5.74, 6) is 0.430. The minimum Gasteiger partial charge on any atom is -0.507 e. The van der Waals surface area contributed by atoms with E-state index < -0.39 is 0 Å². The molecule has 0 fully saturated rings. The van der Waals surface area contributed by atoms with Crippen LogP contribution in [0.4, 0.5) is 0 Å². The highest BCUT2D eigenvalue weighted by atomic mass is 32.2. The molecule has 0 saturated carbocycles. The van der Waals surface area contributed by atoms with Gasteiger partial charge >= 0.3 is 5.97 Å². The molecule has 6 heteroatoms. The van der Waals surface area contributed by atoms with Crippen molar-refractivity contribution in [1.29, 1.82) is 0 Å². The molecular weight excluding hydrogens is 577 g/mol. The summed E-state index contributed by atoms with van der Waals surface area (Å²) >= 11 is 1.73. The number of esters is 1. The van der Waals surface area contributed by atoms with Crippen LogP contribution in [0.15, 0.2) is 83.8 Å². The molecule has 0 atom stereocenters. The number of carbonyl (C=O) groups excluding carboxylic acids is 1. The molecule has 45 heavy (non-hydrogen) atoms. The lowest BCUT2D eigenvalue weighted by molar-refractivity contribution is 0.0527. The first kappa shape index (κ1) is 31.0. The molecular formula is C39H42N2O3S. The van der Waals surface area contributed by atoms with Gasteiger partial charge in [-0.1, -0.05) is 66.2 Å². The summed E-state index contributed by atoms with van der Waals surface area (Å²) in [6.07, 6.45) is 3.10. The number of phenols is 1. The molecule has 5 nitrogen and oxygen atoms in total. The highest BCUT2D eigenvalue weighted by Crippen LogP contribution is 2.40. The minimum atomic E-state index is -0.355. The zero-order valence-electron chi connectivity index (χ0n) is 26.9.